The second-order valence-corrected chi connectivity index (χ2v) is 6.48. The minimum atomic E-state index is 0.311. The van der Waals surface area contributed by atoms with E-state index in [4.69, 9.17) is 0 Å². The summed E-state index contributed by atoms with van der Waals surface area (Å²) in [5.74, 6) is 4.01. The maximum absolute atomic E-state index is 12.1. The minimum Gasteiger partial charge on any atom is -0.356 e. The first-order valence-electron chi connectivity index (χ1n) is 7.59. The van der Waals surface area contributed by atoms with E-state index in [0.29, 0.717) is 17.7 Å². The summed E-state index contributed by atoms with van der Waals surface area (Å²) >= 11 is 0. The van der Waals surface area contributed by atoms with Crippen LogP contribution in [0.1, 0.15) is 31.5 Å². The number of hydrogen-bond acceptors (Lipinski definition) is 2. The van der Waals surface area contributed by atoms with Gasteiger partial charge in [0.2, 0.25) is 5.91 Å². The molecule has 3 aliphatic rings. The maximum Gasteiger partial charge on any atom is 0.223 e. The molecule has 1 aliphatic heterocycles. The van der Waals surface area contributed by atoms with Crippen LogP contribution in [0.4, 0.5) is 0 Å². The molecule has 3 atom stereocenters. The van der Waals surface area contributed by atoms with Gasteiger partial charge in [0.15, 0.2) is 0 Å². The number of hydrogen-bond donors (Lipinski definition) is 1. The number of fused-ring (bicyclic) bond motifs is 1. The zero-order chi connectivity index (χ0) is 12.8. The van der Waals surface area contributed by atoms with Gasteiger partial charge < -0.3 is 9.88 Å². The van der Waals surface area contributed by atoms with Crippen LogP contribution >= 0.6 is 0 Å². The molecule has 2 saturated carbocycles. The number of nitrogens with one attached hydrogen (secondary N) is 1. The minimum absolute atomic E-state index is 0.311. The number of nitrogens with zero attached hydrogens (tertiary/aromatic N) is 2. The molecule has 1 amide bonds. The van der Waals surface area contributed by atoms with Gasteiger partial charge in [0.05, 0.1) is 0 Å². The largest absolute Gasteiger partial charge is 0.356 e. The van der Waals surface area contributed by atoms with Crippen LogP contribution in [-0.2, 0) is 17.8 Å². The highest BCUT2D eigenvalue weighted by atomic mass is 16.2. The van der Waals surface area contributed by atoms with Gasteiger partial charge in [-0.05, 0) is 43.4 Å². The highest BCUT2D eigenvalue weighted by molar-refractivity contribution is 5.81. The second kappa shape index (κ2) is 4.36. The quantitative estimate of drug-likeness (QED) is 0.893. The molecule has 0 unspecified atom stereocenters. The van der Waals surface area contributed by atoms with Crippen LogP contribution in [0.3, 0.4) is 0 Å². The molecule has 0 spiro atoms. The Balaban J connectivity index is 1.26. The van der Waals surface area contributed by atoms with Gasteiger partial charge in [-0.15, -0.1) is 0 Å². The van der Waals surface area contributed by atoms with Gasteiger partial charge in [-0.25, -0.2) is 4.98 Å². The lowest BCUT2D eigenvalue weighted by Gasteiger charge is -2.23. The Morgan fingerprint density at radius 2 is 2.32 bits per heavy atom. The molecule has 0 bridgehead atoms. The van der Waals surface area contributed by atoms with Crippen molar-refractivity contribution in [2.24, 2.45) is 23.7 Å². The Morgan fingerprint density at radius 1 is 1.42 bits per heavy atom. The Bertz CT molecular complexity index is 491. The average Bonchev–Trinajstić information content (AvgIpc) is 3.30. The van der Waals surface area contributed by atoms with Gasteiger partial charge in [-0.3, -0.25) is 4.79 Å². The first-order valence-corrected chi connectivity index (χ1v) is 7.59. The predicted molar refractivity (Wildman–Crippen MR) is 71.4 cm³/mol. The highest BCUT2D eigenvalue weighted by Crippen LogP contribution is 2.54. The third kappa shape index (κ3) is 2.28. The summed E-state index contributed by atoms with van der Waals surface area (Å²) < 4.78 is 2.22. The molecular weight excluding hydrogens is 238 g/mol. The molecule has 4 rings (SSSR count). The van der Waals surface area contributed by atoms with Gasteiger partial charge in [-0.2, -0.15) is 0 Å². The molecule has 102 valence electrons. The van der Waals surface area contributed by atoms with Crippen LogP contribution in [0.15, 0.2) is 12.4 Å². The summed E-state index contributed by atoms with van der Waals surface area (Å²) in [7, 11) is 0. The molecule has 1 aromatic heterocycles. The van der Waals surface area contributed by atoms with E-state index >= 15 is 0 Å². The van der Waals surface area contributed by atoms with Gasteiger partial charge in [0.1, 0.15) is 5.82 Å². The van der Waals surface area contributed by atoms with Gasteiger partial charge in [0.25, 0.3) is 0 Å². The van der Waals surface area contributed by atoms with Crippen molar-refractivity contribution in [3.05, 3.63) is 18.2 Å². The molecular formula is C15H21N3O. The fourth-order valence-electron chi connectivity index (χ4n) is 3.53. The van der Waals surface area contributed by atoms with E-state index in [-0.39, 0.29) is 0 Å². The Morgan fingerprint density at radius 3 is 3.16 bits per heavy atom. The molecule has 0 saturated heterocycles. The summed E-state index contributed by atoms with van der Waals surface area (Å²) in [5.41, 5.74) is 0. The second-order valence-electron chi connectivity index (χ2n) is 6.48. The molecule has 1 N–H and O–H groups in total. The summed E-state index contributed by atoms with van der Waals surface area (Å²) in [6.07, 6.45) is 9.95. The van der Waals surface area contributed by atoms with E-state index in [1.807, 2.05) is 6.20 Å². The topological polar surface area (TPSA) is 46.9 Å². The first kappa shape index (κ1) is 11.5. The first-order chi connectivity index (χ1) is 9.31. The highest BCUT2D eigenvalue weighted by Gasteiger charge is 2.50. The molecule has 4 nitrogen and oxygen atoms in total. The number of aromatic nitrogens is 2. The molecule has 1 aromatic rings. The van der Waals surface area contributed by atoms with Crippen LogP contribution in [0.25, 0.3) is 0 Å². The van der Waals surface area contributed by atoms with Gasteiger partial charge in [0, 0.05) is 37.8 Å². The number of amides is 1. The summed E-state index contributed by atoms with van der Waals surface area (Å²) in [6.45, 7) is 1.88. The van der Waals surface area contributed by atoms with Crippen molar-refractivity contribution in [3.8, 4) is 0 Å². The predicted octanol–water partition coefficient (Wildman–Crippen LogP) is 1.61. The van der Waals surface area contributed by atoms with Crippen molar-refractivity contribution >= 4 is 5.91 Å². The lowest BCUT2D eigenvalue weighted by Crippen LogP contribution is -2.34. The van der Waals surface area contributed by atoms with Crippen LogP contribution in [-0.4, -0.2) is 22.0 Å². The molecule has 0 radical (unpaired) electrons. The monoisotopic (exact) mass is 259 g/mol. The lowest BCUT2D eigenvalue weighted by atomic mass is 9.98. The van der Waals surface area contributed by atoms with Gasteiger partial charge in [-0.1, -0.05) is 0 Å². The van der Waals surface area contributed by atoms with E-state index in [2.05, 4.69) is 21.1 Å². The standard InChI is InChI=1S/C15H21N3O/c19-15(13-8-12(13)11-1-2-11)17-9-10-3-5-18-6-4-16-14(18)7-10/h4,6,10-13H,1-3,5,7-9H2,(H,17,19)/t10-,12-,13-/m1/s1. The summed E-state index contributed by atoms with van der Waals surface area (Å²) in [6, 6.07) is 0. The number of imidazole rings is 1. The number of carbonyl (C=O) groups is 1. The molecule has 19 heavy (non-hydrogen) atoms. The van der Waals surface area contributed by atoms with Crippen LogP contribution in [0.5, 0.6) is 0 Å². The summed E-state index contributed by atoms with van der Waals surface area (Å²) in [5, 5.41) is 3.17. The van der Waals surface area contributed by atoms with E-state index in [1.54, 1.807) is 0 Å². The van der Waals surface area contributed by atoms with Crippen LogP contribution < -0.4 is 5.32 Å². The number of carbonyl (C=O) groups excluding carboxylic acids is 1. The lowest BCUT2D eigenvalue weighted by molar-refractivity contribution is -0.122. The van der Waals surface area contributed by atoms with Crippen molar-refractivity contribution in [1.29, 1.82) is 0 Å². The van der Waals surface area contributed by atoms with Crippen molar-refractivity contribution in [2.45, 2.75) is 38.6 Å². The zero-order valence-electron chi connectivity index (χ0n) is 11.2. The zero-order valence-corrected chi connectivity index (χ0v) is 11.2. The number of rotatable bonds is 4. The van der Waals surface area contributed by atoms with Crippen molar-refractivity contribution in [1.82, 2.24) is 14.9 Å². The number of aryl methyl sites for hydroxylation is 1. The molecule has 2 heterocycles. The Labute approximate surface area is 113 Å². The third-order valence-electron chi connectivity index (χ3n) is 5.02. The third-order valence-corrected chi connectivity index (χ3v) is 5.02. The van der Waals surface area contributed by atoms with E-state index in [1.165, 1.54) is 18.7 Å². The Hall–Kier alpha value is -1.32. The smallest absolute Gasteiger partial charge is 0.223 e. The fourth-order valence-corrected chi connectivity index (χ4v) is 3.53. The normalized spacial score (nSPS) is 32.7. The molecule has 4 heteroatoms. The maximum atomic E-state index is 12.1. The average molecular weight is 259 g/mol. The van der Waals surface area contributed by atoms with E-state index < -0.39 is 0 Å². The summed E-state index contributed by atoms with van der Waals surface area (Å²) in [4.78, 5) is 16.4. The van der Waals surface area contributed by atoms with Crippen molar-refractivity contribution < 1.29 is 4.79 Å². The van der Waals surface area contributed by atoms with Crippen molar-refractivity contribution in [3.63, 3.8) is 0 Å². The fraction of sp³-hybridized carbons (Fsp3) is 0.733. The van der Waals surface area contributed by atoms with E-state index in [9.17, 15) is 4.79 Å². The molecule has 2 aliphatic carbocycles. The molecule has 0 aromatic carbocycles. The van der Waals surface area contributed by atoms with Gasteiger partial charge >= 0.3 is 0 Å². The van der Waals surface area contributed by atoms with Crippen molar-refractivity contribution in [2.75, 3.05) is 6.54 Å². The SMILES string of the molecule is O=C(NC[C@@H]1CCn2ccnc2C1)[C@@H]1C[C@@H]1C1CC1. The van der Waals surface area contributed by atoms with Crippen LogP contribution in [0, 0.1) is 23.7 Å². The van der Waals surface area contributed by atoms with Crippen LogP contribution in [0.2, 0.25) is 0 Å². The Kier molecular flexibility index (Phi) is 2.64. The van der Waals surface area contributed by atoms with E-state index in [0.717, 1.165) is 44.2 Å². The molecule has 2 fully saturated rings.